The molecule has 0 radical (unpaired) electrons. The standard InChI is InChI=1S/C16H17FN2O2/c1-2-12-6-3-4-8-15(12)21-11-16(20)19-10-14-13(17)7-5-9-18-14/h3-9H,2,10-11H2,1H3,(H,19,20). The number of hydrogen-bond acceptors (Lipinski definition) is 3. The Morgan fingerprint density at radius 1 is 1.29 bits per heavy atom. The van der Waals surface area contributed by atoms with Crippen molar-refractivity contribution in [3.63, 3.8) is 0 Å². The molecule has 5 heteroatoms. The fourth-order valence-electron chi connectivity index (χ4n) is 1.86. The number of aromatic nitrogens is 1. The van der Waals surface area contributed by atoms with Gasteiger partial charge in [0.15, 0.2) is 6.61 Å². The number of amides is 1. The second kappa shape index (κ2) is 7.38. The number of aryl methyl sites for hydroxylation is 1. The highest BCUT2D eigenvalue weighted by Gasteiger charge is 2.07. The number of para-hydroxylation sites is 1. The molecule has 2 rings (SSSR count). The Morgan fingerprint density at radius 3 is 2.86 bits per heavy atom. The molecule has 0 saturated heterocycles. The lowest BCUT2D eigenvalue weighted by atomic mass is 10.1. The van der Waals surface area contributed by atoms with Crippen molar-refractivity contribution < 1.29 is 13.9 Å². The van der Waals surface area contributed by atoms with Gasteiger partial charge in [-0.2, -0.15) is 0 Å². The molecule has 0 aliphatic rings. The number of nitrogens with zero attached hydrogens (tertiary/aromatic N) is 1. The maximum absolute atomic E-state index is 13.3. The van der Waals surface area contributed by atoms with Gasteiger partial charge >= 0.3 is 0 Å². The Labute approximate surface area is 123 Å². The van der Waals surface area contributed by atoms with E-state index in [1.165, 1.54) is 18.3 Å². The van der Waals surface area contributed by atoms with E-state index in [2.05, 4.69) is 10.3 Å². The predicted molar refractivity (Wildman–Crippen MR) is 77.4 cm³/mol. The highest BCUT2D eigenvalue weighted by molar-refractivity contribution is 5.77. The molecule has 0 saturated carbocycles. The van der Waals surface area contributed by atoms with Gasteiger partial charge in [-0.25, -0.2) is 4.39 Å². The van der Waals surface area contributed by atoms with E-state index in [1.54, 1.807) is 0 Å². The molecule has 1 aromatic carbocycles. The van der Waals surface area contributed by atoms with Crippen molar-refractivity contribution in [3.8, 4) is 5.75 Å². The highest BCUT2D eigenvalue weighted by atomic mass is 19.1. The van der Waals surface area contributed by atoms with Gasteiger partial charge in [-0.05, 0) is 30.2 Å². The fraction of sp³-hybridized carbons (Fsp3) is 0.250. The Bertz CT molecular complexity index is 617. The first-order chi connectivity index (χ1) is 10.2. The van der Waals surface area contributed by atoms with Gasteiger partial charge in [-0.15, -0.1) is 0 Å². The van der Waals surface area contributed by atoms with Crippen LogP contribution in [0.15, 0.2) is 42.6 Å². The normalized spacial score (nSPS) is 10.2. The summed E-state index contributed by atoms with van der Waals surface area (Å²) in [6.07, 6.45) is 2.31. The summed E-state index contributed by atoms with van der Waals surface area (Å²) >= 11 is 0. The lowest BCUT2D eigenvalue weighted by Crippen LogP contribution is -2.29. The Balaban J connectivity index is 1.84. The molecule has 0 fully saturated rings. The number of halogens is 1. The smallest absolute Gasteiger partial charge is 0.258 e. The van der Waals surface area contributed by atoms with Crippen LogP contribution < -0.4 is 10.1 Å². The van der Waals surface area contributed by atoms with Gasteiger partial charge in [-0.1, -0.05) is 25.1 Å². The van der Waals surface area contributed by atoms with E-state index in [9.17, 15) is 9.18 Å². The van der Waals surface area contributed by atoms with Crippen LogP contribution in [0.5, 0.6) is 5.75 Å². The fourth-order valence-corrected chi connectivity index (χ4v) is 1.86. The molecule has 1 N–H and O–H groups in total. The molecule has 0 atom stereocenters. The van der Waals surface area contributed by atoms with Crippen molar-refractivity contribution in [2.45, 2.75) is 19.9 Å². The summed E-state index contributed by atoms with van der Waals surface area (Å²) in [7, 11) is 0. The summed E-state index contributed by atoms with van der Waals surface area (Å²) in [4.78, 5) is 15.6. The van der Waals surface area contributed by atoms with Gasteiger partial charge in [-0.3, -0.25) is 9.78 Å². The van der Waals surface area contributed by atoms with Crippen LogP contribution in [0.25, 0.3) is 0 Å². The number of rotatable bonds is 6. The number of ether oxygens (including phenoxy) is 1. The quantitative estimate of drug-likeness (QED) is 0.888. The molecule has 1 amide bonds. The summed E-state index contributed by atoms with van der Waals surface area (Å²) in [6.45, 7) is 1.96. The molecule has 1 aromatic heterocycles. The molecule has 0 bridgehead atoms. The number of hydrogen-bond donors (Lipinski definition) is 1. The number of carbonyl (C=O) groups is 1. The summed E-state index contributed by atoms with van der Waals surface area (Å²) in [5.74, 6) is -0.0554. The summed E-state index contributed by atoms with van der Waals surface area (Å²) in [5, 5.41) is 2.58. The summed E-state index contributed by atoms with van der Waals surface area (Å²) in [6, 6.07) is 10.4. The molecule has 1 heterocycles. The maximum Gasteiger partial charge on any atom is 0.258 e. The molecule has 110 valence electrons. The molecule has 0 aliphatic heterocycles. The van der Waals surface area contributed by atoms with Crippen molar-refractivity contribution >= 4 is 5.91 Å². The zero-order valence-electron chi connectivity index (χ0n) is 11.8. The Kier molecular flexibility index (Phi) is 5.26. The minimum atomic E-state index is -0.435. The number of benzene rings is 1. The average molecular weight is 288 g/mol. The number of carbonyl (C=O) groups excluding carboxylic acids is 1. The van der Waals surface area contributed by atoms with Gasteiger partial charge in [0.1, 0.15) is 11.6 Å². The zero-order chi connectivity index (χ0) is 15.1. The van der Waals surface area contributed by atoms with Crippen molar-refractivity contribution in [3.05, 3.63) is 59.7 Å². The van der Waals surface area contributed by atoms with Gasteiger partial charge < -0.3 is 10.1 Å². The van der Waals surface area contributed by atoms with Gasteiger partial charge in [0.2, 0.25) is 0 Å². The van der Waals surface area contributed by atoms with E-state index >= 15 is 0 Å². The van der Waals surface area contributed by atoms with Gasteiger partial charge in [0.05, 0.1) is 12.2 Å². The van der Waals surface area contributed by atoms with Crippen LogP contribution in [-0.4, -0.2) is 17.5 Å². The summed E-state index contributed by atoms with van der Waals surface area (Å²) in [5.41, 5.74) is 1.25. The topological polar surface area (TPSA) is 51.2 Å². The first-order valence-electron chi connectivity index (χ1n) is 6.77. The lowest BCUT2D eigenvalue weighted by molar-refractivity contribution is -0.123. The van der Waals surface area contributed by atoms with Crippen LogP contribution in [0, 0.1) is 5.82 Å². The Hall–Kier alpha value is -2.43. The first kappa shape index (κ1) is 15.0. The Morgan fingerprint density at radius 2 is 2.10 bits per heavy atom. The number of pyridine rings is 1. The van der Waals surface area contributed by atoms with Crippen LogP contribution >= 0.6 is 0 Å². The van der Waals surface area contributed by atoms with Crippen molar-refractivity contribution in [1.82, 2.24) is 10.3 Å². The van der Waals surface area contributed by atoms with E-state index in [-0.39, 0.29) is 24.8 Å². The highest BCUT2D eigenvalue weighted by Crippen LogP contribution is 2.17. The van der Waals surface area contributed by atoms with E-state index in [0.717, 1.165) is 12.0 Å². The van der Waals surface area contributed by atoms with Crippen LogP contribution in [0.3, 0.4) is 0 Å². The molecule has 0 spiro atoms. The van der Waals surface area contributed by atoms with E-state index < -0.39 is 5.82 Å². The predicted octanol–water partition coefficient (Wildman–Crippen LogP) is 2.48. The second-order valence-corrected chi connectivity index (χ2v) is 4.46. The molecule has 4 nitrogen and oxygen atoms in total. The maximum atomic E-state index is 13.3. The summed E-state index contributed by atoms with van der Waals surface area (Å²) < 4.78 is 18.8. The van der Waals surface area contributed by atoms with E-state index in [4.69, 9.17) is 4.74 Å². The molecular formula is C16H17FN2O2. The van der Waals surface area contributed by atoms with Crippen molar-refractivity contribution in [2.75, 3.05) is 6.61 Å². The van der Waals surface area contributed by atoms with Crippen LogP contribution in [0.2, 0.25) is 0 Å². The van der Waals surface area contributed by atoms with E-state index in [1.807, 2.05) is 31.2 Å². The molecule has 2 aromatic rings. The number of nitrogens with one attached hydrogen (secondary N) is 1. The SMILES string of the molecule is CCc1ccccc1OCC(=O)NCc1ncccc1F. The third-order valence-corrected chi connectivity index (χ3v) is 3.00. The minimum Gasteiger partial charge on any atom is -0.483 e. The molecular weight excluding hydrogens is 271 g/mol. The zero-order valence-corrected chi connectivity index (χ0v) is 11.8. The van der Waals surface area contributed by atoms with Crippen molar-refractivity contribution in [1.29, 1.82) is 0 Å². The van der Waals surface area contributed by atoms with Crippen LogP contribution in [-0.2, 0) is 17.8 Å². The van der Waals surface area contributed by atoms with Crippen molar-refractivity contribution in [2.24, 2.45) is 0 Å². The van der Waals surface area contributed by atoms with Crippen LogP contribution in [0.1, 0.15) is 18.2 Å². The monoisotopic (exact) mass is 288 g/mol. The van der Waals surface area contributed by atoms with Crippen LogP contribution in [0.4, 0.5) is 4.39 Å². The third kappa shape index (κ3) is 4.27. The molecule has 21 heavy (non-hydrogen) atoms. The third-order valence-electron chi connectivity index (χ3n) is 3.00. The minimum absolute atomic E-state index is 0.0459. The van der Waals surface area contributed by atoms with Gasteiger partial charge in [0, 0.05) is 6.20 Å². The largest absolute Gasteiger partial charge is 0.483 e. The average Bonchev–Trinajstić information content (AvgIpc) is 2.52. The first-order valence-corrected chi connectivity index (χ1v) is 6.77. The lowest BCUT2D eigenvalue weighted by Gasteiger charge is -2.10. The van der Waals surface area contributed by atoms with E-state index in [0.29, 0.717) is 5.75 Å². The molecule has 0 unspecified atom stereocenters. The second-order valence-electron chi connectivity index (χ2n) is 4.46. The van der Waals surface area contributed by atoms with Gasteiger partial charge in [0.25, 0.3) is 5.91 Å². The molecule has 0 aliphatic carbocycles.